The van der Waals surface area contributed by atoms with Gasteiger partial charge in [0.1, 0.15) is 11.5 Å². The number of amides is 1. The Morgan fingerprint density at radius 3 is 2.38 bits per heavy atom. The number of hydrogen-bond acceptors (Lipinski definition) is 3. The summed E-state index contributed by atoms with van der Waals surface area (Å²) in [6.45, 7) is 2.14. The van der Waals surface area contributed by atoms with E-state index in [-0.39, 0.29) is 11.8 Å². The van der Waals surface area contributed by atoms with Crippen LogP contribution < -0.4 is 4.90 Å². The minimum Gasteiger partial charge on any atom is -0.353 e. The molecule has 0 atom stereocenters. The molecule has 1 aromatic heterocycles. The van der Waals surface area contributed by atoms with Gasteiger partial charge < -0.3 is 9.80 Å². The molecule has 1 aromatic rings. The summed E-state index contributed by atoms with van der Waals surface area (Å²) in [5.41, 5.74) is -0.878. The predicted molar refractivity (Wildman–Crippen MR) is 70.8 cm³/mol. The molecular formula is C14H16F3N3O. The first-order chi connectivity index (χ1) is 9.95. The van der Waals surface area contributed by atoms with Crippen molar-refractivity contribution in [3.8, 4) is 0 Å². The summed E-state index contributed by atoms with van der Waals surface area (Å²) in [4.78, 5) is 19.2. The number of carbonyl (C=O) groups excluding carboxylic acids is 1. The molecule has 0 radical (unpaired) electrons. The highest BCUT2D eigenvalue weighted by Crippen LogP contribution is 2.32. The van der Waals surface area contributed by atoms with Gasteiger partial charge >= 0.3 is 6.18 Å². The number of anilines is 1. The lowest BCUT2D eigenvalue weighted by atomic mass is 10.2. The molecule has 0 aromatic carbocycles. The monoisotopic (exact) mass is 299 g/mol. The predicted octanol–water partition coefficient (Wildman–Crippen LogP) is 2.16. The molecule has 1 saturated carbocycles. The van der Waals surface area contributed by atoms with E-state index < -0.39 is 11.9 Å². The van der Waals surface area contributed by atoms with Crippen LogP contribution in [0.5, 0.6) is 0 Å². The normalized spacial score (nSPS) is 19.8. The van der Waals surface area contributed by atoms with Gasteiger partial charge in [-0.1, -0.05) is 6.07 Å². The van der Waals surface area contributed by atoms with Crippen molar-refractivity contribution < 1.29 is 18.0 Å². The van der Waals surface area contributed by atoms with Crippen molar-refractivity contribution in [2.24, 2.45) is 5.92 Å². The third-order valence-electron chi connectivity index (χ3n) is 3.87. The fraction of sp³-hybridized carbons (Fsp3) is 0.571. The van der Waals surface area contributed by atoms with Crippen LogP contribution in [0, 0.1) is 5.92 Å². The van der Waals surface area contributed by atoms with E-state index in [0.29, 0.717) is 32.0 Å². The molecule has 1 aliphatic heterocycles. The molecule has 1 amide bonds. The molecule has 1 saturated heterocycles. The van der Waals surface area contributed by atoms with Crippen LogP contribution in [0.2, 0.25) is 0 Å². The maximum absolute atomic E-state index is 12.7. The maximum Gasteiger partial charge on any atom is 0.433 e. The Labute approximate surface area is 120 Å². The van der Waals surface area contributed by atoms with Crippen LogP contribution in [0.1, 0.15) is 18.5 Å². The standard InChI is InChI=1S/C14H16F3N3O/c15-14(16,17)11-2-1-3-12(18-11)19-6-8-20(9-7-19)13(21)10-4-5-10/h1-3,10H,4-9H2. The van der Waals surface area contributed by atoms with Crippen molar-refractivity contribution in [2.45, 2.75) is 19.0 Å². The molecule has 0 bridgehead atoms. The summed E-state index contributed by atoms with van der Waals surface area (Å²) in [7, 11) is 0. The first-order valence-electron chi connectivity index (χ1n) is 7.03. The van der Waals surface area contributed by atoms with Gasteiger partial charge in [0.25, 0.3) is 0 Å². The number of pyridine rings is 1. The number of nitrogens with zero attached hydrogens (tertiary/aromatic N) is 3. The number of carbonyl (C=O) groups is 1. The maximum atomic E-state index is 12.7. The Kier molecular flexibility index (Phi) is 3.51. The second-order valence-electron chi connectivity index (χ2n) is 5.47. The summed E-state index contributed by atoms with van der Waals surface area (Å²) in [6, 6.07) is 3.91. The fourth-order valence-corrected chi connectivity index (χ4v) is 2.50. The Hall–Kier alpha value is -1.79. The van der Waals surface area contributed by atoms with Crippen molar-refractivity contribution in [2.75, 3.05) is 31.1 Å². The number of hydrogen-bond donors (Lipinski definition) is 0. The smallest absolute Gasteiger partial charge is 0.353 e. The molecule has 21 heavy (non-hydrogen) atoms. The van der Waals surface area contributed by atoms with Crippen LogP contribution in [-0.4, -0.2) is 42.0 Å². The number of piperazine rings is 1. The first-order valence-corrected chi connectivity index (χ1v) is 7.03. The summed E-state index contributed by atoms with van der Waals surface area (Å²) in [5, 5.41) is 0. The van der Waals surface area contributed by atoms with Gasteiger partial charge in [-0.05, 0) is 25.0 Å². The van der Waals surface area contributed by atoms with Gasteiger partial charge in [-0.2, -0.15) is 13.2 Å². The van der Waals surface area contributed by atoms with E-state index in [9.17, 15) is 18.0 Å². The molecule has 7 heteroatoms. The highest BCUT2D eigenvalue weighted by Gasteiger charge is 2.35. The largest absolute Gasteiger partial charge is 0.433 e. The Morgan fingerprint density at radius 2 is 1.81 bits per heavy atom. The van der Waals surface area contributed by atoms with Gasteiger partial charge in [-0.3, -0.25) is 4.79 Å². The molecule has 114 valence electrons. The summed E-state index contributed by atoms with van der Waals surface area (Å²) in [5.74, 6) is 0.693. The van der Waals surface area contributed by atoms with Crippen LogP contribution in [0.4, 0.5) is 19.0 Å². The van der Waals surface area contributed by atoms with Crippen molar-refractivity contribution in [3.63, 3.8) is 0 Å². The van der Waals surface area contributed by atoms with Crippen LogP contribution >= 0.6 is 0 Å². The molecule has 1 aliphatic carbocycles. The lowest BCUT2D eigenvalue weighted by molar-refractivity contribution is -0.141. The third kappa shape index (κ3) is 3.11. The second kappa shape index (κ2) is 5.20. The van der Waals surface area contributed by atoms with E-state index in [1.54, 1.807) is 11.0 Å². The van der Waals surface area contributed by atoms with Gasteiger partial charge in [0.05, 0.1) is 0 Å². The highest BCUT2D eigenvalue weighted by atomic mass is 19.4. The molecule has 0 unspecified atom stereocenters. The zero-order valence-electron chi connectivity index (χ0n) is 11.4. The van der Waals surface area contributed by atoms with Gasteiger partial charge in [0.2, 0.25) is 5.91 Å². The minimum absolute atomic E-state index is 0.184. The lowest BCUT2D eigenvalue weighted by Gasteiger charge is -2.35. The quantitative estimate of drug-likeness (QED) is 0.839. The highest BCUT2D eigenvalue weighted by molar-refractivity contribution is 5.81. The molecule has 3 rings (SSSR count). The average molecular weight is 299 g/mol. The first kappa shape index (κ1) is 14.2. The second-order valence-corrected chi connectivity index (χ2v) is 5.47. The molecule has 0 spiro atoms. The van der Waals surface area contributed by atoms with Crippen molar-refractivity contribution in [1.82, 2.24) is 9.88 Å². The summed E-state index contributed by atoms with van der Waals surface area (Å²) in [6.07, 6.45) is -2.50. The van der Waals surface area contributed by atoms with E-state index in [0.717, 1.165) is 18.9 Å². The van der Waals surface area contributed by atoms with E-state index >= 15 is 0 Å². The number of aromatic nitrogens is 1. The Bertz CT molecular complexity index is 535. The number of alkyl halides is 3. The summed E-state index contributed by atoms with van der Waals surface area (Å²) >= 11 is 0. The van der Waals surface area contributed by atoms with Crippen LogP contribution in [-0.2, 0) is 11.0 Å². The van der Waals surface area contributed by atoms with Gasteiger partial charge in [-0.15, -0.1) is 0 Å². The Morgan fingerprint density at radius 1 is 1.14 bits per heavy atom. The molecule has 0 N–H and O–H groups in total. The lowest BCUT2D eigenvalue weighted by Crippen LogP contribution is -2.49. The average Bonchev–Trinajstić information content (AvgIpc) is 3.31. The molecule has 2 aliphatic rings. The van der Waals surface area contributed by atoms with Gasteiger partial charge in [0.15, 0.2) is 0 Å². The van der Waals surface area contributed by atoms with Gasteiger partial charge in [-0.25, -0.2) is 4.98 Å². The molecule has 4 nitrogen and oxygen atoms in total. The molecular weight excluding hydrogens is 283 g/mol. The third-order valence-corrected chi connectivity index (χ3v) is 3.87. The van der Waals surface area contributed by atoms with Crippen LogP contribution in [0.3, 0.4) is 0 Å². The van der Waals surface area contributed by atoms with E-state index in [1.165, 1.54) is 6.07 Å². The molecule has 2 heterocycles. The van der Waals surface area contributed by atoms with Crippen molar-refractivity contribution in [1.29, 1.82) is 0 Å². The SMILES string of the molecule is O=C(C1CC1)N1CCN(c2cccc(C(F)(F)F)n2)CC1. The minimum atomic E-state index is -4.43. The zero-order valence-corrected chi connectivity index (χ0v) is 11.4. The number of rotatable bonds is 2. The molecule has 2 fully saturated rings. The van der Waals surface area contributed by atoms with Crippen molar-refractivity contribution in [3.05, 3.63) is 23.9 Å². The van der Waals surface area contributed by atoms with Crippen molar-refractivity contribution >= 4 is 11.7 Å². The Balaban J connectivity index is 1.65. The zero-order chi connectivity index (χ0) is 15.0. The topological polar surface area (TPSA) is 36.4 Å². The van der Waals surface area contributed by atoms with Crippen LogP contribution in [0.25, 0.3) is 0 Å². The van der Waals surface area contributed by atoms with Crippen LogP contribution in [0.15, 0.2) is 18.2 Å². The van der Waals surface area contributed by atoms with E-state index in [1.807, 2.05) is 4.90 Å². The summed E-state index contributed by atoms with van der Waals surface area (Å²) < 4.78 is 38.0. The fourth-order valence-electron chi connectivity index (χ4n) is 2.50. The number of halogens is 3. The van der Waals surface area contributed by atoms with E-state index in [2.05, 4.69) is 4.98 Å². The van der Waals surface area contributed by atoms with Gasteiger partial charge in [0, 0.05) is 32.1 Å². The van der Waals surface area contributed by atoms with E-state index in [4.69, 9.17) is 0 Å².